The van der Waals surface area contributed by atoms with E-state index in [1.165, 1.54) is 18.3 Å². The maximum absolute atomic E-state index is 10.6. The van der Waals surface area contributed by atoms with E-state index >= 15 is 0 Å². The summed E-state index contributed by atoms with van der Waals surface area (Å²) in [4.78, 5) is 10.6. The second-order valence-corrected chi connectivity index (χ2v) is 3.03. The summed E-state index contributed by atoms with van der Waals surface area (Å²) >= 11 is 1.41. The number of hydrogen-bond acceptors (Lipinski definition) is 3. The molecule has 0 unspecified atom stereocenters. The van der Waals surface area contributed by atoms with Crippen LogP contribution in [-0.2, 0) is 11.4 Å². The van der Waals surface area contributed by atoms with E-state index in [0.29, 0.717) is 0 Å². The fraction of sp³-hybridized carbons (Fsp3) is 0.286. The fourth-order valence-corrected chi connectivity index (χ4v) is 1.58. The molecule has 0 atom stereocenters. The lowest BCUT2D eigenvalue weighted by molar-refractivity contribution is -0.114. The first-order valence-corrected chi connectivity index (χ1v) is 4.07. The molecule has 1 amide bonds. The molecule has 60 valence electrons. The minimum absolute atomic E-state index is 0.0287. The number of nitrogens with one attached hydrogen (secondary N) is 1. The molecule has 0 bridgehead atoms. The van der Waals surface area contributed by atoms with Crippen LogP contribution in [0.25, 0.3) is 0 Å². The van der Waals surface area contributed by atoms with E-state index in [1.54, 1.807) is 6.07 Å². The predicted octanol–water partition coefficient (Wildman–Crippen LogP) is 1.20. The first-order valence-electron chi connectivity index (χ1n) is 3.19. The zero-order valence-electron chi connectivity index (χ0n) is 6.13. The molecule has 0 aliphatic carbocycles. The summed E-state index contributed by atoms with van der Waals surface area (Å²) in [5, 5.41) is 14.0. The molecule has 0 aliphatic heterocycles. The Labute approximate surface area is 68.7 Å². The number of amides is 1. The van der Waals surface area contributed by atoms with Gasteiger partial charge in [-0.3, -0.25) is 4.79 Å². The van der Waals surface area contributed by atoms with Gasteiger partial charge in [0.05, 0.1) is 6.61 Å². The molecule has 3 nitrogen and oxygen atoms in total. The maximum Gasteiger partial charge on any atom is 0.221 e. The second kappa shape index (κ2) is 3.50. The number of aliphatic hydroxyl groups is 1. The van der Waals surface area contributed by atoms with Gasteiger partial charge in [-0.25, -0.2) is 0 Å². The van der Waals surface area contributed by atoms with Crippen molar-refractivity contribution in [2.24, 2.45) is 0 Å². The van der Waals surface area contributed by atoms with Crippen LogP contribution < -0.4 is 5.32 Å². The smallest absolute Gasteiger partial charge is 0.221 e. The Balaban J connectivity index is 2.76. The lowest BCUT2D eigenvalue weighted by atomic mass is 10.3. The summed E-state index contributed by atoms with van der Waals surface area (Å²) in [6.07, 6.45) is 0. The number of aliphatic hydroxyl groups excluding tert-OH is 1. The third-order valence-corrected chi connectivity index (χ3v) is 2.08. The highest BCUT2D eigenvalue weighted by Gasteiger charge is 2.02. The molecule has 0 radical (unpaired) electrons. The average Bonchev–Trinajstić information content (AvgIpc) is 2.34. The van der Waals surface area contributed by atoms with Gasteiger partial charge in [-0.05, 0) is 11.4 Å². The zero-order chi connectivity index (χ0) is 8.27. The monoisotopic (exact) mass is 171 g/mol. The Bertz CT molecular complexity index is 257. The van der Waals surface area contributed by atoms with Crippen molar-refractivity contribution < 1.29 is 9.90 Å². The van der Waals surface area contributed by atoms with Crippen molar-refractivity contribution in [1.82, 2.24) is 0 Å². The Kier molecular flexibility index (Phi) is 2.62. The van der Waals surface area contributed by atoms with Gasteiger partial charge in [0.25, 0.3) is 0 Å². The van der Waals surface area contributed by atoms with Crippen LogP contribution in [0.5, 0.6) is 0 Å². The topological polar surface area (TPSA) is 49.3 Å². The van der Waals surface area contributed by atoms with Gasteiger partial charge < -0.3 is 10.4 Å². The number of rotatable bonds is 2. The van der Waals surface area contributed by atoms with Gasteiger partial charge in [0.2, 0.25) is 5.91 Å². The molecule has 0 saturated heterocycles. The molecular formula is C7H9NO2S. The van der Waals surface area contributed by atoms with Crippen molar-refractivity contribution in [1.29, 1.82) is 0 Å². The van der Waals surface area contributed by atoms with E-state index < -0.39 is 0 Å². The average molecular weight is 171 g/mol. The van der Waals surface area contributed by atoms with Crippen LogP contribution in [0, 0.1) is 0 Å². The first kappa shape index (κ1) is 8.23. The second-order valence-electron chi connectivity index (χ2n) is 2.11. The van der Waals surface area contributed by atoms with Crippen molar-refractivity contribution in [3.63, 3.8) is 0 Å². The van der Waals surface area contributed by atoms with Gasteiger partial charge in [0.1, 0.15) is 5.00 Å². The summed E-state index contributed by atoms with van der Waals surface area (Å²) in [6.45, 7) is 1.42. The summed E-state index contributed by atoms with van der Waals surface area (Å²) in [6, 6.07) is 1.79. The number of thiophene rings is 1. The minimum Gasteiger partial charge on any atom is -0.392 e. The van der Waals surface area contributed by atoms with Gasteiger partial charge in [0.15, 0.2) is 0 Å². The van der Waals surface area contributed by atoms with Gasteiger partial charge in [0, 0.05) is 12.5 Å². The van der Waals surface area contributed by atoms with Crippen LogP contribution in [0.2, 0.25) is 0 Å². The van der Waals surface area contributed by atoms with Crippen LogP contribution in [0.15, 0.2) is 11.4 Å². The van der Waals surface area contributed by atoms with E-state index in [9.17, 15) is 4.79 Å². The summed E-state index contributed by atoms with van der Waals surface area (Å²) in [5.41, 5.74) is 0.769. The zero-order valence-corrected chi connectivity index (χ0v) is 6.94. The van der Waals surface area contributed by atoms with E-state index in [2.05, 4.69) is 5.32 Å². The van der Waals surface area contributed by atoms with E-state index in [-0.39, 0.29) is 12.5 Å². The van der Waals surface area contributed by atoms with E-state index in [4.69, 9.17) is 5.11 Å². The largest absolute Gasteiger partial charge is 0.392 e. The number of hydrogen-bond donors (Lipinski definition) is 2. The lowest BCUT2D eigenvalue weighted by Crippen LogP contribution is -2.05. The normalized spacial score (nSPS) is 9.64. The molecule has 0 fully saturated rings. The van der Waals surface area contributed by atoms with E-state index in [1.807, 2.05) is 5.38 Å². The van der Waals surface area contributed by atoms with Crippen molar-refractivity contribution in [2.45, 2.75) is 13.5 Å². The SMILES string of the molecule is CC(=O)Nc1sccc1CO. The summed E-state index contributed by atoms with van der Waals surface area (Å²) in [5.74, 6) is -0.109. The summed E-state index contributed by atoms with van der Waals surface area (Å²) < 4.78 is 0. The lowest BCUT2D eigenvalue weighted by Gasteiger charge is -1.99. The summed E-state index contributed by atoms with van der Waals surface area (Å²) in [7, 11) is 0. The molecule has 0 aromatic carbocycles. The molecule has 2 N–H and O–H groups in total. The van der Waals surface area contributed by atoms with Gasteiger partial charge in [-0.1, -0.05) is 0 Å². The van der Waals surface area contributed by atoms with Crippen LogP contribution in [0.1, 0.15) is 12.5 Å². The molecule has 1 aromatic heterocycles. The van der Waals surface area contributed by atoms with Crippen molar-refractivity contribution in [2.75, 3.05) is 5.32 Å². The van der Waals surface area contributed by atoms with Crippen molar-refractivity contribution >= 4 is 22.2 Å². The number of carbonyl (C=O) groups excluding carboxylic acids is 1. The number of carbonyl (C=O) groups is 1. The molecule has 1 heterocycles. The predicted molar refractivity (Wildman–Crippen MR) is 44.5 cm³/mol. The first-order chi connectivity index (χ1) is 5.24. The van der Waals surface area contributed by atoms with Crippen LogP contribution in [0.4, 0.5) is 5.00 Å². The van der Waals surface area contributed by atoms with Crippen LogP contribution >= 0.6 is 11.3 Å². The van der Waals surface area contributed by atoms with Crippen molar-refractivity contribution in [3.05, 3.63) is 17.0 Å². The Morgan fingerprint density at radius 1 is 1.82 bits per heavy atom. The molecule has 0 aliphatic rings. The Morgan fingerprint density at radius 3 is 3.09 bits per heavy atom. The maximum atomic E-state index is 10.6. The van der Waals surface area contributed by atoms with E-state index in [0.717, 1.165) is 10.6 Å². The minimum atomic E-state index is -0.109. The quantitative estimate of drug-likeness (QED) is 0.702. The third-order valence-electron chi connectivity index (χ3n) is 1.21. The Hall–Kier alpha value is -0.870. The Morgan fingerprint density at radius 2 is 2.55 bits per heavy atom. The van der Waals surface area contributed by atoms with Gasteiger partial charge >= 0.3 is 0 Å². The molecule has 4 heteroatoms. The highest BCUT2D eigenvalue weighted by atomic mass is 32.1. The van der Waals surface area contributed by atoms with Crippen molar-refractivity contribution in [3.8, 4) is 0 Å². The highest BCUT2D eigenvalue weighted by Crippen LogP contribution is 2.22. The molecule has 0 spiro atoms. The van der Waals surface area contributed by atoms with Gasteiger partial charge in [-0.2, -0.15) is 0 Å². The van der Waals surface area contributed by atoms with Crippen LogP contribution in [0.3, 0.4) is 0 Å². The fourth-order valence-electron chi connectivity index (χ4n) is 0.730. The third kappa shape index (κ3) is 2.03. The molecular weight excluding hydrogens is 162 g/mol. The standard InChI is InChI=1S/C7H9NO2S/c1-5(10)8-7-6(4-9)2-3-11-7/h2-3,9H,4H2,1H3,(H,8,10). The molecule has 11 heavy (non-hydrogen) atoms. The molecule has 1 aromatic rings. The van der Waals surface area contributed by atoms with Crippen LogP contribution in [-0.4, -0.2) is 11.0 Å². The highest BCUT2D eigenvalue weighted by molar-refractivity contribution is 7.14. The number of anilines is 1. The van der Waals surface area contributed by atoms with Gasteiger partial charge in [-0.15, -0.1) is 11.3 Å². The molecule has 0 saturated carbocycles. The molecule has 1 rings (SSSR count).